The number of nitrogens with zero attached hydrogens (tertiary/aromatic N) is 2. The molecule has 8 heteroatoms. The lowest BCUT2D eigenvalue weighted by atomic mass is 10.1. The van der Waals surface area contributed by atoms with Crippen molar-refractivity contribution in [2.24, 2.45) is 0 Å². The molecule has 2 N–H and O–H groups in total. The number of amides is 1. The van der Waals surface area contributed by atoms with Gasteiger partial charge < -0.3 is 19.8 Å². The lowest BCUT2D eigenvalue weighted by Gasteiger charge is -2.11. The van der Waals surface area contributed by atoms with Crippen molar-refractivity contribution in [3.05, 3.63) is 94.8 Å². The van der Waals surface area contributed by atoms with Crippen molar-refractivity contribution in [1.29, 1.82) is 0 Å². The Labute approximate surface area is 170 Å². The second kappa shape index (κ2) is 7.25. The fraction of sp³-hybridized carbons (Fsp3) is 0.0455. The minimum absolute atomic E-state index is 0.143. The normalized spacial score (nSPS) is 12.9. The first kappa shape index (κ1) is 17.7. The van der Waals surface area contributed by atoms with Crippen molar-refractivity contribution in [3.8, 4) is 11.5 Å². The third-order valence-corrected chi connectivity index (χ3v) is 4.78. The first-order chi connectivity index (χ1) is 14.7. The van der Waals surface area contributed by atoms with Crippen molar-refractivity contribution >= 4 is 22.6 Å². The predicted octanol–water partition coefficient (Wildman–Crippen LogP) is 2.73. The zero-order valence-corrected chi connectivity index (χ0v) is 15.7. The van der Waals surface area contributed by atoms with Gasteiger partial charge in [-0.2, -0.15) is 0 Å². The summed E-state index contributed by atoms with van der Waals surface area (Å²) in [5.41, 5.74) is 2.68. The number of fused-ring (bicyclic) bond motifs is 2. The molecule has 0 bridgehead atoms. The molecule has 0 saturated carbocycles. The van der Waals surface area contributed by atoms with Crippen LogP contribution in [0.2, 0.25) is 0 Å². The Balaban J connectivity index is 1.63. The monoisotopic (exact) mass is 400 g/mol. The number of rotatable bonds is 4. The van der Waals surface area contributed by atoms with Crippen LogP contribution in [0.3, 0.4) is 0 Å². The molecule has 8 nitrogen and oxygen atoms in total. The number of aromatic nitrogens is 3. The average Bonchev–Trinajstić information content (AvgIpc) is 3.38. The van der Waals surface area contributed by atoms with Crippen molar-refractivity contribution in [1.82, 2.24) is 19.9 Å². The van der Waals surface area contributed by atoms with E-state index in [0.717, 1.165) is 0 Å². The summed E-state index contributed by atoms with van der Waals surface area (Å²) >= 11 is 0. The second-order valence-corrected chi connectivity index (χ2v) is 6.59. The third kappa shape index (κ3) is 3.10. The quantitative estimate of drug-likeness (QED) is 0.549. The highest BCUT2D eigenvalue weighted by molar-refractivity contribution is 5.95. The highest BCUT2D eigenvalue weighted by atomic mass is 16.7. The number of imidazole rings is 1. The molecule has 1 aliphatic heterocycles. The van der Waals surface area contributed by atoms with Crippen LogP contribution < -0.4 is 20.5 Å². The Hall–Kier alpha value is -4.33. The molecule has 0 saturated heterocycles. The highest BCUT2D eigenvalue weighted by Crippen LogP contribution is 2.35. The van der Waals surface area contributed by atoms with E-state index in [1.165, 1.54) is 10.8 Å². The maximum Gasteiger partial charge on any atom is 0.331 e. The minimum atomic E-state index is -0.321. The number of hydrogen-bond donors (Lipinski definition) is 2. The van der Waals surface area contributed by atoms with E-state index in [2.05, 4.69) is 15.3 Å². The fourth-order valence-electron chi connectivity index (χ4n) is 3.35. The summed E-state index contributed by atoms with van der Waals surface area (Å²) in [5.74, 6) is 0.889. The Kier molecular flexibility index (Phi) is 4.29. The van der Waals surface area contributed by atoms with E-state index in [9.17, 15) is 9.59 Å². The molecule has 0 aliphatic carbocycles. The van der Waals surface area contributed by atoms with Gasteiger partial charge in [-0.3, -0.25) is 14.3 Å². The van der Waals surface area contributed by atoms with Gasteiger partial charge in [-0.25, -0.2) is 4.79 Å². The van der Waals surface area contributed by atoms with Gasteiger partial charge in [-0.1, -0.05) is 12.1 Å². The molecule has 2 aromatic heterocycles. The van der Waals surface area contributed by atoms with Gasteiger partial charge >= 0.3 is 5.69 Å². The third-order valence-electron chi connectivity index (χ3n) is 4.78. The maximum atomic E-state index is 12.8. The van der Waals surface area contributed by atoms with E-state index in [0.29, 0.717) is 39.4 Å². The van der Waals surface area contributed by atoms with Gasteiger partial charge in [0.05, 0.1) is 16.7 Å². The minimum Gasteiger partial charge on any atom is -0.454 e. The van der Waals surface area contributed by atoms with E-state index >= 15 is 0 Å². The number of pyridine rings is 1. The molecule has 0 unspecified atom stereocenters. The van der Waals surface area contributed by atoms with Gasteiger partial charge in [0.25, 0.3) is 5.91 Å². The molecule has 4 aromatic rings. The highest BCUT2D eigenvalue weighted by Gasteiger charge is 2.18. The van der Waals surface area contributed by atoms with Crippen LogP contribution in [0.5, 0.6) is 11.5 Å². The summed E-state index contributed by atoms with van der Waals surface area (Å²) in [6.45, 7) is 0.143. The Morgan fingerprint density at radius 2 is 1.83 bits per heavy atom. The summed E-state index contributed by atoms with van der Waals surface area (Å²) in [6.07, 6.45) is 4.60. The SMILES string of the molecule is O=C(N/C=C(/c1ccc2c(c1)OCO2)n1c(=O)[nH]c2ccccc21)c1ccncc1. The van der Waals surface area contributed by atoms with E-state index in [1.807, 2.05) is 30.3 Å². The molecule has 0 fully saturated rings. The number of nitrogens with one attached hydrogen (secondary N) is 2. The van der Waals surface area contributed by atoms with Gasteiger partial charge in [0.15, 0.2) is 11.5 Å². The number of para-hydroxylation sites is 2. The number of ether oxygens (including phenoxy) is 2. The summed E-state index contributed by atoms with van der Waals surface area (Å²) in [4.78, 5) is 32.1. The zero-order valence-electron chi connectivity index (χ0n) is 15.7. The summed E-state index contributed by atoms with van der Waals surface area (Å²) in [6, 6.07) is 15.9. The Morgan fingerprint density at radius 1 is 1.03 bits per heavy atom. The molecule has 0 radical (unpaired) electrons. The van der Waals surface area contributed by atoms with Crippen LogP contribution in [0.1, 0.15) is 15.9 Å². The molecule has 0 atom stereocenters. The van der Waals surface area contributed by atoms with Crippen molar-refractivity contribution in [2.45, 2.75) is 0 Å². The second-order valence-electron chi connectivity index (χ2n) is 6.59. The van der Waals surface area contributed by atoms with Gasteiger partial charge in [-0.15, -0.1) is 0 Å². The number of hydrogen-bond acceptors (Lipinski definition) is 5. The molecule has 1 amide bonds. The van der Waals surface area contributed by atoms with E-state index < -0.39 is 0 Å². The average molecular weight is 400 g/mol. The molecule has 148 valence electrons. The van der Waals surface area contributed by atoms with Crippen LogP contribution in [0, 0.1) is 0 Å². The first-order valence-electron chi connectivity index (χ1n) is 9.22. The number of carbonyl (C=O) groups excluding carboxylic acids is 1. The maximum absolute atomic E-state index is 12.8. The van der Waals surface area contributed by atoms with Crippen LogP contribution in [0.4, 0.5) is 0 Å². The smallest absolute Gasteiger partial charge is 0.331 e. The Morgan fingerprint density at radius 3 is 2.70 bits per heavy atom. The van der Waals surface area contributed by atoms with E-state index in [1.54, 1.807) is 36.7 Å². The van der Waals surface area contributed by atoms with Crippen LogP contribution >= 0.6 is 0 Å². The van der Waals surface area contributed by atoms with Crippen molar-refractivity contribution in [3.63, 3.8) is 0 Å². The van der Waals surface area contributed by atoms with Crippen molar-refractivity contribution < 1.29 is 14.3 Å². The van der Waals surface area contributed by atoms with Crippen LogP contribution in [0.15, 0.2) is 78.0 Å². The fourth-order valence-corrected chi connectivity index (χ4v) is 3.35. The van der Waals surface area contributed by atoms with Crippen LogP contribution in [0.25, 0.3) is 16.7 Å². The molecule has 1 aliphatic rings. The molecular weight excluding hydrogens is 384 g/mol. The van der Waals surface area contributed by atoms with Gasteiger partial charge in [0.1, 0.15) is 0 Å². The van der Waals surface area contributed by atoms with E-state index in [4.69, 9.17) is 9.47 Å². The Bertz CT molecular complexity index is 1340. The van der Waals surface area contributed by atoms with Gasteiger partial charge in [0, 0.05) is 29.7 Å². The van der Waals surface area contributed by atoms with Gasteiger partial charge in [-0.05, 0) is 42.5 Å². The summed E-state index contributed by atoms with van der Waals surface area (Å²) in [7, 11) is 0. The largest absolute Gasteiger partial charge is 0.454 e. The summed E-state index contributed by atoms with van der Waals surface area (Å²) < 4.78 is 12.4. The van der Waals surface area contributed by atoms with Crippen LogP contribution in [-0.4, -0.2) is 27.2 Å². The standard InChI is InChI=1S/C22H16N4O4/c27-21(14-7-9-23-10-8-14)24-12-18(15-5-6-19-20(11-15)30-13-29-19)26-17-4-2-1-3-16(17)25-22(26)28/h1-12H,13H2,(H,24,27)(H,25,28)/b18-12-. The number of carbonyl (C=O) groups is 1. The van der Waals surface area contributed by atoms with E-state index in [-0.39, 0.29) is 18.4 Å². The number of H-pyrrole nitrogens is 1. The van der Waals surface area contributed by atoms with Crippen molar-refractivity contribution in [2.75, 3.05) is 6.79 Å². The van der Waals surface area contributed by atoms with Gasteiger partial charge in [0.2, 0.25) is 6.79 Å². The molecule has 30 heavy (non-hydrogen) atoms. The summed E-state index contributed by atoms with van der Waals surface area (Å²) in [5, 5.41) is 2.77. The molecule has 3 heterocycles. The number of benzene rings is 2. The molecule has 0 spiro atoms. The lowest BCUT2D eigenvalue weighted by Crippen LogP contribution is -2.22. The topological polar surface area (TPSA) is 98.2 Å². The lowest BCUT2D eigenvalue weighted by molar-refractivity contribution is 0.0970. The molecule has 2 aromatic carbocycles. The molecular formula is C22H16N4O4. The zero-order chi connectivity index (χ0) is 20.5. The molecule has 5 rings (SSSR count). The first-order valence-corrected chi connectivity index (χ1v) is 9.22. The predicted molar refractivity (Wildman–Crippen MR) is 110 cm³/mol. The number of aromatic amines is 1. The van der Waals surface area contributed by atoms with Crippen LogP contribution in [-0.2, 0) is 0 Å².